The van der Waals surface area contributed by atoms with Gasteiger partial charge in [-0.2, -0.15) is 0 Å². The number of thiophene rings is 1. The zero-order valence-electron chi connectivity index (χ0n) is 18.1. The van der Waals surface area contributed by atoms with Crippen LogP contribution in [0.3, 0.4) is 0 Å². The molecule has 2 N–H and O–H groups in total. The van der Waals surface area contributed by atoms with Gasteiger partial charge in [-0.3, -0.25) is 0 Å². The van der Waals surface area contributed by atoms with E-state index >= 15 is 0 Å². The van der Waals surface area contributed by atoms with Crippen molar-refractivity contribution in [3.63, 3.8) is 0 Å². The molecule has 2 aromatic carbocycles. The predicted molar refractivity (Wildman–Crippen MR) is 134 cm³/mol. The number of para-hydroxylation sites is 1. The molecule has 1 aliphatic rings. The summed E-state index contributed by atoms with van der Waals surface area (Å²) in [5.74, 6) is 1.94. The number of aryl methyl sites for hydroxylation is 1. The maximum absolute atomic E-state index is 4.69. The molecule has 0 fully saturated rings. The largest absolute Gasteiger partial charge is 0.368 e. The highest BCUT2D eigenvalue weighted by Crippen LogP contribution is 2.40. The second-order valence-electron chi connectivity index (χ2n) is 8.89. The van der Waals surface area contributed by atoms with E-state index in [1.165, 1.54) is 44.3 Å². The number of anilines is 1. The van der Waals surface area contributed by atoms with Gasteiger partial charge in [-0.25, -0.2) is 9.97 Å². The van der Waals surface area contributed by atoms with Crippen LogP contribution in [0.4, 0.5) is 5.82 Å². The van der Waals surface area contributed by atoms with Crippen LogP contribution in [0.5, 0.6) is 0 Å². The smallest absolute Gasteiger partial charge is 0.138 e. The van der Waals surface area contributed by atoms with Gasteiger partial charge >= 0.3 is 0 Å². The Hall–Kier alpha value is -3.18. The Morgan fingerprint density at radius 3 is 2.84 bits per heavy atom. The van der Waals surface area contributed by atoms with E-state index in [0.29, 0.717) is 0 Å². The number of fused-ring (bicyclic) bond motifs is 4. The minimum Gasteiger partial charge on any atom is -0.368 e. The Balaban J connectivity index is 1.39. The lowest BCUT2D eigenvalue weighted by atomic mass is 9.89. The average molecular weight is 439 g/mol. The molecule has 160 valence electrons. The fraction of sp³-hybridized carbons (Fsp3) is 0.259. The first-order valence-corrected chi connectivity index (χ1v) is 12.2. The lowest BCUT2D eigenvalue weighted by Crippen LogP contribution is -2.15. The number of hydrogen-bond acceptors (Lipinski definition) is 4. The molecule has 4 nitrogen and oxygen atoms in total. The van der Waals surface area contributed by atoms with Crippen LogP contribution in [0.25, 0.3) is 21.1 Å². The summed E-state index contributed by atoms with van der Waals surface area (Å²) in [6.45, 7) is 3.13. The van der Waals surface area contributed by atoms with Crippen LogP contribution >= 0.6 is 11.3 Å². The molecule has 6 rings (SSSR count). The monoisotopic (exact) mass is 438 g/mol. The third-order valence-corrected chi connectivity index (χ3v) is 7.93. The van der Waals surface area contributed by atoms with E-state index < -0.39 is 0 Å². The van der Waals surface area contributed by atoms with Crippen LogP contribution in [0.1, 0.15) is 40.8 Å². The molecular weight excluding hydrogens is 412 g/mol. The molecule has 32 heavy (non-hydrogen) atoms. The number of nitrogens with zero attached hydrogens (tertiary/aromatic N) is 2. The number of rotatable bonds is 5. The van der Waals surface area contributed by atoms with Crippen molar-refractivity contribution >= 4 is 38.3 Å². The molecule has 5 aromatic rings. The van der Waals surface area contributed by atoms with Gasteiger partial charge in [-0.05, 0) is 47.9 Å². The van der Waals surface area contributed by atoms with Gasteiger partial charge in [-0.15, -0.1) is 11.3 Å². The third kappa shape index (κ3) is 3.37. The van der Waals surface area contributed by atoms with Crippen molar-refractivity contribution in [1.29, 1.82) is 0 Å². The summed E-state index contributed by atoms with van der Waals surface area (Å²) in [5.41, 5.74) is 5.26. The van der Waals surface area contributed by atoms with Crippen molar-refractivity contribution < 1.29 is 0 Å². The van der Waals surface area contributed by atoms with E-state index in [-0.39, 0.29) is 5.92 Å². The lowest BCUT2D eigenvalue weighted by Gasteiger charge is -2.20. The SMILES string of the molecule is C[C@@H]1CCc2c(sc3ncnc(NC[C@@H](c4ccccc4)c4c[nH]c5ccccc45)c23)C1. The molecular formula is C27H26N4S. The van der Waals surface area contributed by atoms with Gasteiger partial charge in [-0.1, -0.05) is 55.5 Å². The topological polar surface area (TPSA) is 53.6 Å². The normalized spacial score (nSPS) is 16.8. The van der Waals surface area contributed by atoms with Crippen molar-refractivity contribution in [3.05, 3.63) is 88.7 Å². The molecule has 3 heterocycles. The van der Waals surface area contributed by atoms with Crippen LogP contribution in [0.2, 0.25) is 0 Å². The Morgan fingerprint density at radius 2 is 1.94 bits per heavy atom. The quantitative estimate of drug-likeness (QED) is 0.327. The van der Waals surface area contributed by atoms with Gasteiger partial charge in [0, 0.05) is 34.4 Å². The van der Waals surface area contributed by atoms with Gasteiger partial charge in [0.05, 0.1) is 5.39 Å². The summed E-state index contributed by atoms with van der Waals surface area (Å²) in [6, 6.07) is 19.3. The molecule has 0 aliphatic heterocycles. The minimum absolute atomic E-state index is 0.215. The molecule has 0 spiro atoms. The van der Waals surface area contributed by atoms with Crippen molar-refractivity contribution in [2.75, 3.05) is 11.9 Å². The van der Waals surface area contributed by atoms with Gasteiger partial charge in [0.15, 0.2) is 0 Å². The summed E-state index contributed by atoms with van der Waals surface area (Å²) in [5, 5.41) is 6.25. The summed E-state index contributed by atoms with van der Waals surface area (Å²) < 4.78 is 0. The summed E-state index contributed by atoms with van der Waals surface area (Å²) in [4.78, 5) is 15.4. The van der Waals surface area contributed by atoms with E-state index in [0.717, 1.165) is 36.0 Å². The van der Waals surface area contributed by atoms with E-state index in [2.05, 4.69) is 83.0 Å². The van der Waals surface area contributed by atoms with E-state index in [4.69, 9.17) is 4.98 Å². The average Bonchev–Trinajstić information content (AvgIpc) is 3.41. The first kappa shape index (κ1) is 19.5. The first-order valence-electron chi connectivity index (χ1n) is 11.4. The summed E-state index contributed by atoms with van der Waals surface area (Å²) in [7, 11) is 0. The number of hydrogen-bond donors (Lipinski definition) is 2. The maximum Gasteiger partial charge on any atom is 0.138 e. The van der Waals surface area contributed by atoms with Crippen LogP contribution in [-0.2, 0) is 12.8 Å². The predicted octanol–water partition coefficient (Wildman–Crippen LogP) is 6.54. The molecule has 0 amide bonds. The van der Waals surface area contributed by atoms with Gasteiger partial charge in [0.25, 0.3) is 0 Å². The Bertz CT molecular complexity index is 1390. The molecule has 2 atom stereocenters. The molecule has 0 unspecified atom stereocenters. The van der Waals surface area contributed by atoms with Crippen LogP contribution in [-0.4, -0.2) is 21.5 Å². The summed E-state index contributed by atoms with van der Waals surface area (Å²) >= 11 is 1.85. The highest BCUT2D eigenvalue weighted by Gasteiger charge is 2.24. The fourth-order valence-electron chi connectivity index (χ4n) is 5.08. The standard InChI is InChI=1S/C27H26N4S/c1-17-11-12-20-24(13-17)32-27-25(20)26(30-16-31-27)29-14-21(18-7-3-2-4-8-18)22-15-28-23-10-6-5-9-19(22)23/h2-10,15-17,21,28H,11-14H2,1H3,(H,29,30,31)/t17-,21+/m1/s1. The number of aromatic nitrogens is 3. The minimum atomic E-state index is 0.215. The molecule has 0 bridgehead atoms. The van der Waals surface area contributed by atoms with E-state index in [9.17, 15) is 0 Å². The van der Waals surface area contributed by atoms with Gasteiger partial charge in [0.1, 0.15) is 17.0 Å². The highest BCUT2D eigenvalue weighted by molar-refractivity contribution is 7.19. The Labute approximate surface area is 191 Å². The van der Waals surface area contributed by atoms with Crippen LogP contribution < -0.4 is 5.32 Å². The molecule has 0 saturated heterocycles. The fourth-order valence-corrected chi connectivity index (χ4v) is 6.43. The van der Waals surface area contributed by atoms with E-state index in [1.54, 1.807) is 6.33 Å². The zero-order chi connectivity index (χ0) is 21.5. The van der Waals surface area contributed by atoms with Gasteiger partial charge < -0.3 is 10.3 Å². The molecule has 3 aromatic heterocycles. The number of H-pyrrole nitrogens is 1. The van der Waals surface area contributed by atoms with Crippen LogP contribution in [0.15, 0.2) is 67.1 Å². The summed E-state index contributed by atoms with van der Waals surface area (Å²) in [6.07, 6.45) is 7.41. The Morgan fingerprint density at radius 1 is 1.09 bits per heavy atom. The third-order valence-electron chi connectivity index (χ3n) is 6.76. The molecule has 5 heteroatoms. The van der Waals surface area contributed by atoms with Gasteiger partial charge in [0.2, 0.25) is 0 Å². The zero-order valence-corrected chi connectivity index (χ0v) is 19.0. The number of benzene rings is 2. The number of aromatic amines is 1. The number of nitrogens with one attached hydrogen (secondary N) is 2. The first-order chi connectivity index (χ1) is 15.8. The van der Waals surface area contributed by atoms with Crippen molar-refractivity contribution in [1.82, 2.24) is 15.0 Å². The molecule has 1 aliphatic carbocycles. The Kier molecular flexibility index (Phi) is 4.91. The second-order valence-corrected chi connectivity index (χ2v) is 9.97. The van der Waals surface area contributed by atoms with Crippen molar-refractivity contribution in [3.8, 4) is 0 Å². The van der Waals surface area contributed by atoms with E-state index in [1.807, 2.05) is 11.3 Å². The van der Waals surface area contributed by atoms with Crippen molar-refractivity contribution in [2.24, 2.45) is 5.92 Å². The van der Waals surface area contributed by atoms with Crippen molar-refractivity contribution in [2.45, 2.75) is 32.1 Å². The highest BCUT2D eigenvalue weighted by atomic mass is 32.1. The lowest BCUT2D eigenvalue weighted by molar-refractivity contribution is 0.509. The second kappa shape index (κ2) is 8.06. The molecule has 0 saturated carbocycles. The molecule has 0 radical (unpaired) electrons. The van der Waals surface area contributed by atoms with Crippen LogP contribution in [0, 0.1) is 5.92 Å². The maximum atomic E-state index is 4.69.